The highest BCUT2D eigenvalue weighted by atomic mass is 32.2. The highest BCUT2D eigenvalue weighted by Crippen LogP contribution is 2.40. The molecule has 2 N–H and O–H groups in total. The van der Waals surface area contributed by atoms with Crippen molar-refractivity contribution in [2.45, 2.75) is 49.5 Å². The summed E-state index contributed by atoms with van der Waals surface area (Å²) in [5.74, 6) is -1.44. The zero-order valence-corrected chi connectivity index (χ0v) is 21.0. The minimum Gasteiger partial charge on any atom is -0.381 e. The molecule has 0 aliphatic carbocycles. The van der Waals surface area contributed by atoms with Crippen LogP contribution in [0.3, 0.4) is 0 Å². The maximum atomic E-state index is 13.4. The molecule has 2 aromatic carbocycles. The quantitative estimate of drug-likeness (QED) is 0.582. The van der Waals surface area contributed by atoms with Gasteiger partial charge in [-0.25, -0.2) is 8.42 Å². The number of anilines is 1. The van der Waals surface area contributed by atoms with Crippen molar-refractivity contribution < 1.29 is 41.0 Å². The van der Waals surface area contributed by atoms with E-state index in [1.165, 1.54) is 42.2 Å². The molecule has 2 amide bonds. The second kappa shape index (κ2) is 9.73. The molecule has 0 bridgehead atoms. The van der Waals surface area contributed by atoms with Crippen LogP contribution in [0.15, 0.2) is 47.4 Å². The topological polar surface area (TPSA) is 113 Å². The number of aliphatic hydroxyl groups is 1. The van der Waals surface area contributed by atoms with Crippen LogP contribution in [-0.2, 0) is 36.3 Å². The van der Waals surface area contributed by atoms with Gasteiger partial charge in [0.15, 0.2) is 15.4 Å². The average Bonchev–Trinajstić information content (AvgIpc) is 3.51. The van der Waals surface area contributed by atoms with Crippen molar-refractivity contribution in [2.75, 3.05) is 24.3 Å². The van der Waals surface area contributed by atoms with Gasteiger partial charge in [0.25, 0.3) is 5.91 Å². The first kappa shape index (κ1) is 27.1. The van der Waals surface area contributed by atoms with Crippen molar-refractivity contribution in [3.63, 3.8) is 0 Å². The van der Waals surface area contributed by atoms with Gasteiger partial charge in [-0.05, 0) is 54.3 Å². The number of benzene rings is 2. The summed E-state index contributed by atoms with van der Waals surface area (Å²) < 4.78 is 69.5. The lowest BCUT2D eigenvalue weighted by Crippen LogP contribution is -2.40. The maximum absolute atomic E-state index is 13.4. The van der Waals surface area contributed by atoms with E-state index in [4.69, 9.17) is 4.74 Å². The number of ether oxygens (including phenoxy) is 1. The number of carbonyl (C=O) groups excluding carboxylic acids is 2. The molecule has 2 aromatic rings. The fourth-order valence-corrected chi connectivity index (χ4v) is 5.42. The van der Waals surface area contributed by atoms with Gasteiger partial charge in [-0.15, -0.1) is 0 Å². The molecule has 1 saturated heterocycles. The Balaban J connectivity index is 1.63. The van der Waals surface area contributed by atoms with Crippen LogP contribution < -0.4 is 5.32 Å². The number of nitrogens with zero attached hydrogens (tertiary/aromatic N) is 1. The number of alkyl halides is 3. The molecule has 0 saturated carbocycles. The lowest BCUT2D eigenvalue weighted by Gasteiger charge is -2.27. The molecule has 2 aliphatic rings. The van der Waals surface area contributed by atoms with Gasteiger partial charge in [-0.2, -0.15) is 13.2 Å². The summed E-state index contributed by atoms with van der Waals surface area (Å²) in [4.78, 5) is 28.2. The monoisotopic (exact) mass is 540 g/mol. The van der Waals surface area contributed by atoms with Crippen molar-refractivity contribution in [1.29, 1.82) is 0 Å². The first-order chi connectivity index (χ1) is 17.3. The normalized spacial score (nSPS) is 21.4. The highest BCUT2D eigenvalue weighted by Gasteiger charge is 2.51. The van der Waals surface area contributed by atoms with Crippen LogP contribution >= 0.6 is 0 Å². The molecule has 0 spiro atoms. The predicted octanol–water partition coefficient (Wildman–Crippen LogP) is 3.31. The minimum absolute atomic E-state index is 0.0310. The molecule has 3 unspecified atom stereocenters. The van der Waals surface area contributed by atoms with E-state index in [9.17, 15) is 36.3 Å². The van der Waals surface area contributed by atoms with Crippen LogP contribution in [0.2, 0.25) is 0 Å². The van der Waals surface area contributed by atoms with Gasteiger partial charge >= 0.3 is 6.18 Å². The summed E-state index contributed by atoms with van der Waals surface area (Å²) >= 11 is 0. The van der Waals surface area contributed by atoms with Crippen molar-refractivity contribution in [2.24, 2.45) is 5.92 Å². The Morgan fingerprint density at radius 1 is 1.16 bits per heavy atom. The Labute approximate surface area is 212 Å². The minimum atomic E-state index is -4.89. The Kier molecular flexibility index (Phi) is 7.12. The third-order valence-corrected chi connectivity index (χ3v) is 8.61. The van der Waals surface area contributed by atoms with Crippen LogP contribution in [0.4, 0.5) is 18.9 Å². The number of fused-ring (bicyclic) bond motifs is 1. The fourth-order valence-electron chi connectivity index (χ4n) is 4.49. The summed E-state index contributed by atoms with van der Waals surface area (Å²) in [5.41, 5.74) is -2.30. The molecule has 2 aliphatic heterocycles. The van der Waals surface area contributed by atoms with Gasteiger partial charge in [0.05, 0.1) is 23.2 Å². The molecule has 12 heteroatoms. The van der Waals surface area contributed by atoms with E-state index in [1.807, 2.05) is 0 Å². The third kappa shape index (κ3) is 5.10. The second-order valence-corrected chi connectivity index (χ2v) is 11.6. The number of rotatable bonds is 6. The Morgan fingerprint density at radius 2 is 1.84 bits per heavy atom. The lowest BCUT2D eigenvalue weighted by molar-refractivity contribution is -0.258. The maximum Gasteiger partial charge on any atom is 0.421 e. The lowest BCUT2D eigenvalue weighted by atomic mass is 9.95. The van der Waals surface area contributed by atoms with Crippen LogP contribution in [0.1, 0.15) is 43.0 Å². The van der Waals surface area contributed by atoms with Crippen LogP contribution in [0.5, 0.6) is 0 Å². The first-order valence-electron chi connectivity index (χ1n) is 11.7. The van der Waals surface area contributed by atoms with Crippen molar-refractivity contribution >= 4 is 27.3 Å². The van der Waals surface area contributed by atoms with E-state index in [2.05, 4.69) is 5.32 Å². The summed E-state index contributed by atoms with van der Waals surface area (Å²) in [6.07, 6.45) is -4.39. The number of hydrogen-bond acceptors (Lipinski definition) is 6. The van der Waals surface area contributed by atoms with Crippen LogP contribution in [0, 0.1) is 5.92 Å². The summed E-state index contributed by atoms with van der Waals surface area (Å²) in [7, 11) is -3.51. The predicted molar refractivity (Wildman–Crippen MR) is 127 cm³/mol. The fraction of sp³-hybridized carbons (Fsp3) is 0.440. The highest BCUT2D eigenvalue weighted by molar-refractivity contribution is 7.91. The SMILES string of the molecule is CCS(=O)(=O)c1ccc2c(c1)CN(C(=O)C1CCOC1)C2C(=O)Nc1ccc(C(C)(O)C(F)(F)F)cc1. The number of carbonyl (C=O) groups is 2. The molecular weight excluding hydrogens is 513 g/mol. The van der Waals surface area contributed by atoms with Crippen molar-refractivity contribution in [1.82, 2.24) is 4.90 Å². The summed E-state index contributed by atoms with van der Waals surface area (Å²) in [5, 5.41) is 12.5. The van der Waals surface area contributed by atoms with Gasteiger partial charge in [0.1, 0.15) is 6.04 Å². The van der Waals surface area contributed by atoms with E-state index in [0.717, 1.165) is 12.1 Å². The molecule has 0 aromatic heterocycles. The van der Waals surface area contributed by atoms with Gasteiger partial charge in [0, 0.05) is 18.8 Å². The zero-order chi connectivity index (χ0) is 27.2. The third-order valence-electron chi connectivity index (χ3n) is 6.88. The first-order valence-corrected chi connectivity index (χ1v) is 13.4. The molecule has 3 atom stereocenters. The molecule has 200 valence electrons. The molecule has 0 radical (unpaired) electrons. The van der Waals surface area contributed by atoms with Gasteiger partial charge < -0.3 is 20.1 Å². The molecule has 4 rings (SSSR count). The number of hydrogen-bond donors (Lipinski definition) is 2. The zero-order valence-electron chi connectivity index (χ0n) is 20.2. The second-order valence-electron chi connectivity index (χ2n) is 9.33. The smallest absolute Gasteiger partial charge is 0.381 e. The van der Waals surface area contributed by atoms with E-state index in [0.29, 0.717) is 31.1 Å². The average molecular weight is 541 g/mol. The van der Waals surface area contributed by atoms with Crippen molar-refractivity contribution in [3.8, 4) is 0 Å². The molecule has 2 heterocycles. The van der Waals surface area contributed by atoms with E-state index >= 15 is 0 Å². The molecule has 37 heavy (non-hydrogen) atoms. The van der Waals surface area contributed by atoms with E-state index in [-0.39, 0.29) is 35.4 Å². The van der Waals surface area contributed by atoms with Crippen LogP contribution in [-0.4, -0.2) is 55.4 Å². The summed E-state index contributed by atoms with van der Waals surface area (Å²) in [6, 6.07) is 7.91. The van der Waals surface area contributed by atoms with Crippen LogP contribution in [0.25, 0.3) is 0 Å². The number of sulfone groups is 1. The Hall–Kier alpha value is -2.96. The van der Waals surface area contributed by atoms with E-state index < -0.39 is 45.0 Å². The molecular formula is C25H27F3N2O6S. The number of amides is 2. The number of nitrogens with one attached hydrogen (secondary N) is 1. The van der Waals surface area contributed by atoms with Crippen molar-refractivity contribution in [3.05, 3.63) is 59.2 Å². The summed E-state index contributed by atoms with van der Waals surface area (Å²) in [6.45, 7) is 2.83. The molecule has 8 nitrogen and oxygen atoms in total. The Morgan fingerprint density at radius 3 is 2.41 bits per heavy atom. The Bertz CT molecular complexity index is 1300. The number of halogens is 3. The van der Waals surface area contributed by atoms with Gasteiger partial charge in [0.2, 0.25) is 5.91 Å². The molecule has 1 fully saturated rings. The standard InChI is InChI=1S/C25H27F3N2O6S/c1-3-37(34,35)19-8-9-20-16(12-19)13-30(23(32)15-10-11-36-14-15)21(20)22(31)29-18-6-4-17(5-7-18)24(2,33)25(26,27)28/h4-9,12,15,21,33H,3,10-11,13-14H2,1-2H3,(H,29,31). The largest absolute Gasteiger partial charge is 0.421 e. The van der Waals surface area contributed by atoms with Gasteiger partial charge in [-0.3, -0.25) is 9.59 Å². The van der Waals surface area contributed by atoms with Gasteiger partial charge in [-0.1, -0.05) is 25.1 Å². The van der Waals surface area contributed by atoms with E-state index in [1.54, 1.807) is 0 Å².